The van der Waals surface area contributed by atoms with Crippen molar-refractivity contribution in [2.45, 2.75) is 85.5 Å². The van der Waals surface area contributed by atoms with Crippen LogP contribution in [0.25, 0.3) is 0 Å². The molecule has 2 aromatic rings. The molecule has 0 unspecified atom stereocenters. The Labute approximate surface area is 195 Å². The topological polar surface area (TPSA) is 35.5 Å². The molecule has 0 aliphatic carbocycles. The molecule has 5 heteroatoms. The van der Waals surface area contributed by atoms with Gasteiger partial charge in [0.15, 0.2) is 11.5 Å². The first-order valence-corrected chi connectivity index (χ1v) is 11.7. The number of benzene rings is 2. The van der Waals surface area contributed by atoms with Crippen LogP contribution in [-0.4, -0.2) is 18.9 Å². The fourth-order valence-corrected chi connectivity index (χ4v) is 4.65. The van der Waals surface area contributed by atoms with Crippen molar-refractivity contribution in [2.75, 3.05) is 0 Å². The number of rotatable bonds is 2. The Hall–Kier alpha value is -1.26. The van der Waals surface area contributed by atoms with Crippen molar-refractivity contribution in [3.8, 4) is 11.5 Å². The summed E-state index contributed by atoms with van der Waals surface area (Å²) in [5.74, 6) is 1.45. The van der Waals surface area contributed by atoms with Crippen molar-refractivity contribution in [1.29, 1.82) is 0 Å². The van der Waals surface area contributed by atoms with Gasteiger partial charge in [-0.15, -0.1) is 0 Å². The van der Waals surface area contributed by atoms with Gasteiger partial charge in [-0.1, -0.05) is 79.7 Å². The van der Waals surface area contributed by atoms with E-state index in [-0.39, 0.29) is 29.7 Å². The van der Waals surface area contributed by atoms with Crippen LogP contribution in [-0.2, 0) is 34.7 Å². The second-order valence-electron chi connectivity index (χ2n) is 10.1. The van der Waals surface area contributed by atoms with Gasteiger partial charge >= 0.3 is 8.25 Å². The molecule has 0 bridgehead atoms. The number of hydrogen-bond acceptors (Lipinski definition) is 3. The maximum atomic E-state index is 12.9. The first kappa shape index (κ1) is 25.0. The molecule has 2 aromatic carbocycles. The Bertz CT molecular complexity index is 877. The minimum absolute atomic E-state index is 0. The third-order valence-corrected chi connectivity index (χ3v) is 6.26. The molecule has 0 fully saturated rings. The van der Waals surface area contributed by atoms with Gasteiger partial charge in [0.05, 0.1) is 0 Å². The van der Waals surface area contributed by atoms with Gasteiger partial charge in [-0.2, -0.15) is 0 Å². The summed E-state index contributed by atoms with van der Waals surface area (Å²) in [5.41, 5.74) is 6.68. The Morgan fingerprint density at radius 2 is 1.13 bits per heavy atom. The van der Waals surface area contributed by atoms with Crippen LogP contribution in [0.2, 0.25) is 0 Å². The van der Waals surface area contributed by atoms with Crippen LogP contribution in [0.4, 0.5) is 0 Å². The van der Waals surface area contributed by atoms with Crippen molar-refractivity contribution in [3.63, 3.8) is 0 Å². The van der Waals surface area contributed by atoms with Crippen LogP contribution in [0.3, 0.4) is 0 Å². The summed E-state index contributed by atoms with van der Waals surface area (Å²) in [6, 6.07) is 8.79. The molecule has 0 atom stereocenters. The minimum atomic E-state index is -2.31. The van der Waals surface area contributed by atoms with Crippen molar-refractivity contribution in [2.24, 2.45) is 0 Å². The fourth-order valence-electron chi connectivity index (χ4n) is 3.88. The molecule has 1 heterocycles. The van der Waals surface area contributed by atoms with Crippen molar-refractivity contribution in [1.82, 2.24) is 0 Å². The van der Waals surface area contributed by atoms with Crippen LogP contribution in [0, 0.1) is 0 Å². The van der Waals surface area contributed by atoms with Gasteiger partial charge in [-0.05, 0) is 34.8 Å². The van der Waals surface area contributed by atoms with E-state index in [2.05, 4.69) is 79.7 Å². The summed E-state index contributed by atoms with van der Waals surface area (Å²) in [6.07, 6.45) is 2.61. The summed E-state index contributed by atoms with van der Waals surface area (Å²) in [7, 11) is -2.31. The van der Waals surface area contributed by atoms with E-state index in [0.717, 1.165) is 46.6 Å². The first-order chi connectivity index (χ1) is 13.4. The molecule has 0 amide bonds. The fraction of sp³-hybridized carbons (Fsp3) is 0.520. The standard InChI is InChI=1S/C25H34O3P.Li/c1-9-16-11-18-15-19-12-17(10-2)14-21(25(6,7)8)23(19)28-29(26)27-22(18)20(13-16)24(3,4)5;/h11-14H,9-10,15H2,1-8H3;/q+1;. The molecule has 1 aliphatic heterocycles. The molecule has 1 radical (unpaired) electrons. The van der Waals surface area contributed by atoms with Crippen LogP contribution in [0.15, 0.2) is 24.3 Å². The van der Waals surface area contributed by atoms with Gasteiger partial charge in [0.25, 0.3) is 0 Å². The smallest absolute Gasteiger partial charge is 0.222 e. The monoisotopic (exact) mass is 420 g/mol. The second-order valence-corrected chi connectivity index (χ2v) is 10.9. The van der Waals surface area contributed by atoms with Gasteiger partial charge in [0, 0.05) is 52.1 Å². The minimum Gasteiger partial charge on any atom is -0.222 e. The molecule has 1 aliphatic rings. The van der Waals surface area contributed by atoms with Gasteiger partial charge < -0.3 is 0 Å². The molecule has 0 saturated carbocycles. The Balaban J connectivity index is 0.00000320. The van der Waals surface area contributed by atoms with Gasteiger partial charge in [0.1, 0.15) is 0 Å². The SMILES string of the molecule is CCc1cc2c(c(C(C)(C)C)c1)O[P+](=O)Oc1c(cc(CC)cc1C(C)(C)C)C2.[Li]. The zero-order chi connectivity index (χ0) is 21.6. The predicted octanol–water partition coefficient (Wildman–Crippen LogP) is 7.05. The molecule has 3 rings (SSSR count). The van der Waals surface area contributed by atoms with Crippen LogP contribution in [0.1, 0.15) is 88.8 Å². The Morgan fingerprint density at radius 3 is 1.43 bits per heavy atom. The summed E-state index contributed by atoms with van der Waals surface area (Å²) < 4.78 is 24.9. The zero-order valence-corrected chi connectivity index (χ0v) is 21.0. The molecule has 0 saturated heterocycles. The molecule has 3 nitrogen and oxygen atoms in total. The average molecular weight is 420 g/mol. The van der Waals surface area contributed by atoms with E-state index in [1.165, 1.54) is 11.1 Å². The quantitative estimate of drug-likeness (QED) is 0.386. The molecular weight excluding hydrogens is 386 g/mol. The second kappa shape index (κ2) is 9.08. The van der Waals surface area contributed by atoms with Crippen molar-refractivity contribution in [3.05, 3.63) is 57.6 Å². The molecule has 0 aromatic heterocycles. The molecular formula is C25H34LiO3P+. The van der Waals surface area contributed by atoms with E-state index < -0.39 is 8.25 Å². The largest absolute Gasteiger partial charge is 0.805 e. The molecule has 157 valence electrons. The molecule has 30 heavy (non-hydrogen) atoms. The van der Waals surface area contributed by atoms with E-state index in [1.807, 2.05) is 0 Å². The summed E-state index contributed by atoms with van der Waals surface area (Å²) >= 11 is 0. The third-order valence-electron chi connectivity index (χ3n) is 5.60. The summed E-state index contributed by atoms with van der Waals surface area (Å²) in [6.45, 7) is 17.3. The van der Waals surface area contributed by atoms with Crippen molar-refractivity contribution >= 4 is 27.1 Å². The van der Waals surface area contributed by atoms with Crippen molar-refractivity contribution < 1.29 is 13.6 Å². The number of aryl methyl sites for hydroxylation is 2. The normalized spacial score (nSPS) is 13.8. The van der Waals surface area contributed by atoms with E-state index in [4.69, 9.17) is 9.05 Å². The number of hydrogen-bond donors (Lipinski definition) is 0. The Morgan fingerprint density at radius 1 is 0.767 bits per heavy atom. The Kier molecular flexibility index (Phi) is 7.57. The number of fused-ring (bicyclic) bond motifs is 2. The average Bonchev–Trinajstić information content (AvgIpc) is 2.60. The van der Waals surface area contributed by atoms with Gasteiger partial charge in [0.2, 0.25) is 0 Å². The van der Waals surface area contributed by atoms with Gasteiger partial charge in [-0.25, -0.2) is 9.05 Å². The maximum absolute atomic E-state index is 12.9. The first-order valence-electron chi connectivity index (χ1n) is 10.6. The summed E-state index contributed by atoms with van der Waals surface area (Å²) in [5, 5.41) is 0. The van der Waals surface area contributed by atoms with Crippen LogP contribution in [0.5, 0.6) is 11.5 Å². The van der Waals surface area contributed by atoms with E-state index in [9.17, 15) is 4.57 Å². The van der Waals surface area contributed by atoms with Crippen LogP contribution >= 0.6 is 8.25 Å². The molecule has 0 spiro atoms. The zero-order valence-electron chi connectivity index (χ0n) is 20.1. The molecule has 0 N–H and O–H groups in total. The maximum Gasteiger partial charge on any atom is 0.805 e. The van der Waals surface area contributed by atoms with Gasteiger partial charge in [-0.3, -0.25) is 0 Å². The predicted molar refractivity (Wildman–Crippen MR) is 126 cm³/mol. The van der Waals surface area contributed by atoms with E-state index in [0.29, 0.717) is 6.42 Å². The van der Waals surface area contributed by atoms with Crippen LogP contribution < -0.4 is 9.05 Å². The van der Waals surface area contributed by atoms with E-state index >= 15 is 0 Å². The third kappa shape index (κ3) is 5.13. The van der Waals surface area contributed by atoms with E-state index in [1.54, 1.807) is 0 Å². The summed E-state index contributed by atoms with van der Waals surface area (Å²) in [4.78, 5) is 0.